The van der Waals surface area contributed by atoms with Gasteiger partial charge >= 0.3 is 0 Å². The molecule has 1 aliphatic heterocycles. The number of methoxy groups -OCH3 is 3. The summed E-state index contributed by atoms with van der Waals surface area (Å²) >= 11 is 0. The van der Waals surface area contributed by atoms with Crippen molar-refractivity contribution >= 4 is 11.7 Å². The lowest BCUT2D eigenvalue weighted by molar-refractivity contribution is 0.323. The maximum Gasteiger partial charge on any atom is 0.248 e. The predicted octanol–water partition coefficient (Wildman–Crippen LogP) is 3.73. The van der Waals surface area contributed by atoms with Crippen molar-refractivity contribution in [3.05, 3.63) is 59.4 Å². The fourth-order valence-electron chi connectivity index (χ4n) is 3.46. The lowest BCUT2D eigenvalue weighted by Crippen LogP contribution is -2.21. The van der Waals surface area contributed by atoms with Gasteiger partial charge in [0.15, 0.2) is 11.5 Å². The van der Waals surface area contributed by atoms with E-state index in [1.807, 2.05) is 16.8 Å². The molecule has 3 aromatic rings. The van der Waals surface area contributed by atoms with Crippen LogP contribution in [0.25, 0.3) is 0 Å². The van der Waals surface area contributed by atoms with Crippen molar-refractivity contribution in [2.24, 2.45) is 4.99 Å². The largest absolute Gasteiger partial charge is 0.493 e. The van der Waals surface area contributed by atoms with Crippen LogP contribution >= 0.6 is 0 Å². The van der Waals surface area contributed by atoms with Gasteiger partial charge in [0, 0.05) is 6.42 Å². The van der Waals surface area contributed by atoms with Gasteiger partial charge in [0.05, 0.1) is 33.1 Å². The van der Waals surface area contributed by atoms with Gasteiger partial charge in [-0.1, -0.05) is 29.8 Å². The average Bonchev–Trinajstić information content (AvgIpc) is 3.21. The second-order valence-corrected chi connectivity index (χ2v) is 6.61. The van der Waals surface area contributed by atoms with Gasteiger partial charge in [-0.2, -0.15) is 10.1 Å². The Kier molecular flexibility index (Phi) is 4.73. The molecule has 0 aliphatic carbocycles. The molecule has 0 saturated heterocycles. The average molecular weight is 378 g/mol. The van der Waals surface area contributed by atoms with Gasteiger partial charge in [-0.05, 0) is 30.2 Å². The van der Waals surface area contributed by atoms with Crippen LogP contribution in [0, 0.1) is 6.92 Å². The standard InChI is InChI=1S/C21H22N4O3/c1-13-5-7-14(8-6-13)16-11-17(25-21(24-16)22-12-23-25)15-9-18(26-2)20(28-4)19(10-15)27-3/h5-10,12,17H,11H2,1-4H3. The molecule has 4 rings (SSSR count). The highest BCUT2D eigenvalue weighted by atomic mass is 16.5. The first kappa shape index (κ1) is 18.0. The second kappa shape index (κ2) is 7.34. The van der Waals surface area contributed by atoms with E-state index in [4.69, 9.17) is 19.2 Å². The van der Waals surface area contributed by atoms with E-state index in [0.717, 1.165) is 16.8 Å². The number of fused-ring (bicyclic) bond motifs is 1. The van der Waals surface area contributed by atoms with Gasteiger partial charge in [0.2, 0.25) is 11.7 Å². The highest BCUT2D eigenvalue weighted by Gasteiger charge is 2.28. The van der Waals surface area contributed by atoms with Gasteiger partial charge in [-0.15, -0.1) is 0 Å². The topological polar surface area (TPSA) is 70.8 Å². The fraction of sp³-hybridized carbons (Fsp3) is 0.286. The molecule has 1 aliphatic rings. The highest BCUT2D eigenvalue weighted by molar-refractivity contribution is 6.02. The summed E-state index contributed by atoms with van der Waals surface area (Å²) in [5, 5.41) is 4.40. The summed E-state index contributed by atoms with van der Waals surface area (Å²) in [6, 6.07) is 12.2. The van der Waals surface area contributed by atoms with Crippen molar-refractivity contribution in [1.82, 2.24) is 14.8 Å². The lowest BCUT2D eigenvalue weighted by Gasteiger charge is -2.25. The van der Waals surface area contributed by atoms with Crippen molar-refractivity contribution in [2.75, 3.05) is 21.3 Å². The highest BCUT2D eigenvalue weighted by Crippen LogP contribution is 2.42. The number of aromatic nitrogens is 3. The summed E-state index contributed by atoms with van der Waals surface area (Å²) in [6.45, 7) is 2.07. The zero-order chi connectivity index (χ0) is 19.7. The molecule has 0 fully saturated rings. The fourth-order valence-corrected chi connectivity index (χ4v) is 3.46. The predicted molar refractivity (Wildman–Crippen MR) is 106 cm³/mol. The van der Waals surface area contributed by atoms with Gasteiger partial charge in [0.25, 0.3) is 0 Å². The third kappa shape index (κ3) is 3.09. The minimum Gasteiger partial charge on any atom is -0.493 e. The molecule has 144 valence electrons. The van der Waals surface area contributed by atoms with Crippen molar-refractivity contribution < 1.29 is 14.2 Å². The minimum absolute atomic E-state index is 0.0833. The number of ether oxygens (including phenoxy) is 3. The monoisotopic (exact) mass is 378 g/mol. The first-order chi connectivity index (χ1) is 13.6. The minimum atomic E-state index is -0.0833. The molecule has 1 aromatic heterocycles. The molecular weight excluding hydrogens is 356 g/mol. The molecule has 0 spiro atoms. The Hall–Kier alpha value is -3.35. The Morgan fingerprint density at radius 1 is 0.964 bits per heavy atom. The van der Waals surface area contributed by atoms with Crippen LogP contribution < -0.4 is 14.2 Å². The van der Waals surface area contributed by atoms with Crippen molar-refractivity contribution in [1.29, 1.82) is 0 Å². The van der Waals surface area contributed by atoms with Gasteiger partial charge in [0.1, 0.15) is 6.33 Å². The second-order valence-electron chi connectivity index (χ2n) is 6.61. The first-order valence-electron chi connectivity index (χ1n) is 8.98. The van der Waals surface area contributed by atoms with Gasteiger partial charge in [-0.25, -0.2) is 9.67 Å². The van der Waals surface area contributed by atoms with E-state index in [2.05, 4.69) is 41.3 Å². The Morgan fingerprint density at radius 2 is 1.64 bits per heavy atom. The molecule has 2 heterocycles. The van der Waals surface area contributed by atoms with Crippen LogP contribution in [0.2, 0.25) is 0 Å². The molecule has 0 bridgehead atoms. The van der Waals surface area contributed by atoms with Gasteiger partial charge in [-0.3, -0.25) is 0 Å². The Bertz CT molecular complexity index is 999. The van der Waals surface area contributed by atoms with Crippen LogP contribution in [0.1, 0.15) is 29.2 Å². The van der Waals surface area contributed by atoms with Crippen LogP contribution in [0.15, 0.2) is 47.7 Å². The summed E-state index contributed by atoms with van der Waals surface area (Å²) in [5.74, 6) is 2.37. The van der Waals surface area contributed by atoms with E-state index in [0.29, 0.717) is 29.6 Å². The Labute approximate surface area is 163 Å². The van der Waals surface area contributed by atoms with Crippen molar-refractivity contribution in [3.63, 3.8) is 0 Å². The molecule has 0 N–H and O–H groups in total. The molecule has 7 heteroatoms. The molecule has 0 amide bonds. The molecular formula is C21H22N4O3. The number of hydrogen-bond acceptors (Lipinski definition) is 6. The summed E-state index contributed by atoms with van der Waals surface area (Å²) in [4.78, 5) is 9.04. The lowest BCUT2D eigenvalue weighted by atomic mass is 9.95. The van der Waals surface area contributed by atoms with Gasteiger partial charge < -0.3 is 14.2 Å². The summed E-state index contributed by atoms with van der Waals surface area (Å²) in [6.07, 6.45) is 2.21. The van der Waals surface area contributed by atoms with Crippen molar-refractivity contribution in [3.8, 4) is 17.2 Å². The number of aliphatic imine (C=N–C) groups is 1. The molecule has 1 unspecified atom stereocenters. The molecule has 0 radical (unpaired) electrons. The SMILES string of the molecule is COc1cc(C2CC(c3ccc(C)cc3)=Nc3ncnn32)cc(OC)c1OC. The van der Waals surface area contributed by atoms with Crippen LogP contribution in [0.5, 0.6) is 17.2 Å². The molecule has 1 atom stereocenters. The third-order valence-electron chi connectivity index (χ3n) is 4.93. The zero-order valence-electron chi connectivity index (χ0n) is 16.3. The Morgan fingerprint density at radius 3 is 2.25 bits per heavy atom. The van der Waals surface area contributed by atoms with E-state index in [1.165, 1.54) is 11.9 Å². The van der Waals surface area contributed by atoms with Crippen LogP contribution in [-0.4, -0.2) is 41.8 Å². The molecule has 0 saturated carbocycles. The number of hydrogen-bond donors (Lipinski definition) is 0. The molecule has 7 nitrogen and oxygen atoms in total. The maximum absolute atomic E-state index is 5.52. The normalized spacial score (nSPS) is 15.6. The van der Waals surface area contributed by atoms with Crippen molar-refractivity contribution in [2.45, 2.75) is 19.4 Å². The molecule has 28 heavy (non-hydrogen) atoms. The number of aryl methyl sites for hydroxylation is 1. The quantitative estimate of drug-likeness (QED) is 0.677. The number of rotatable bonds is 5. The summed E-state index contributed by atoms with van der Waals surface area (Å²) < 4.78 is 18.3. The summed E-state index contributed by atoms with van der Waals surface area (Å²) in [7, 11) is 4.82. The van der Waals surface area contributed by atoms with E-state index in [1.54, 1.807) is 21.3 Å². The van der Waals surface area contributed by atoms with E-state index in [-0.39, 0.29) is 6.04 Å². The first-order valence-corrected chi connectivity index (χ1v) is 8.98. The van der Waals surface area contributed by atoms with E-state index >= 15 is 0 Å². The van der Waals surface area contributed by atoms with Crippen LogP contribution in [-0.2, 0) is 0 Å². The Balaban J connectivity index is 1.80. The summed E-state index contributed by atoms with van der Waals surface area (Å²) in [5.41, 5.74) is 4.25. The maximum atomic E-state index is 5.52. The van der Waals surface area contributed by atoms with Crippen LogP contribution in [0.4, 0.5) is 5.95 Å². The number of benzene rings is 2. The molecule has 2 aromatic carbocycles. The van der Waals surface area contributed by atoms with E-state index in [9.17, 15) is 0 Å². The third-order valence-corrected chi connectivity index (χ3v) is 4.93. The van der Waals surface area contributed by atoms with E-state index < -0.39 is 0 Å². The number of nitrogens with zero attached hydrogens (tertiary/aromatic N) is 4. The van der Waals surface area contributed by atoms with Crippen LogP contribution in [0.3, 0.4) is 0 Å². The zero-order valence-corrected chi connectivity index (χ0v) is 16.3. The smallest absolute Gasteiger partial charge is 0.248 e.